The molecule has 3 aromatic carbocycles. The van der Waals surface area contributed by atoms with Crippen molar-refractivity contribution >= 4 is 52.3 Å². The summed E-state index contributed by atoms with van der Waals surface area (Å²) >= 11 is 0. The first-order valence-electron chi connectivity index (χ1n) is 18.1. The molecule has 2 heterocycles. The molecule has 300 valence electrons. The van der Waals surface area contributed by atoms with Crippen LogP contribution in [0.25, 0.3) is 10.9 Å². The van der Waals surface area contributed by atoms with Crippen molar-refractivity contribution in [3.8, 4) is 5.75 Å². The van der Waals surface area contributed by atoms with Gasteiger partial charge in [0.1, 0.15) is 36.0 Å². The van der Waals surface area contributed by atoms with Crippen molar-refractivity contribution in [3.05, 3.63) is 102 Å². The fraction of sp³-hybridized carbons (Fsp3) is 0.308. The smallest absolute Gasteiger partial charge is 0.245 e. The maximum atomic E-state index is 13.6. The van der Waals surface area contributed by atoms with Crippen molar-refractivity contribution in [1.82, 2.24) is 36.9 Å². The molecular formula is C39H45N9O9. The highest BCUT2D eigenvalue weighted by atomic mass is 16.3. The van der Waals surface area contributed by atoms with Crippen LogP contribution in [0, 0.1) is 0 Å². The van der Waals surface area contributed by atoms with Gasteiger partial charge in [0.15, 0.2) is 0 Å². The van der Waals surface area contributed by atoms with Crippen molar-refractivity contribution < 1.29 is 43.8 Å². The lowest BCUT2D eigenvalue weighted by Crippen LogP contribution is -2.58. The Hall–Kier alpha value is -6.79. The molecule has 0 aliphatic carbocycles. The molecule has 6 atom stereocenters. The summed E-state index contributed by atoms with van der Waals surface area (Å²) in [6.07, 6.45) is 1.58. The van der Waals surface area contributed by atoms with Crippen LogP contribution in [0.5, 0.6) is 5.75 Å². The molecule has 0 unspecified atom stereocenters. The molecule has 18 heteroatoms. The lowest BCUT2D eigenvalue weighted by molar-refractivity contribution is -0.134. The summed E-state index contributed by atoms with van der Waals surface area (Å²) in [5, 5.41) is 35.5. The van der Waals surface area contributed by atoms with E-state index in [9.17, 15) is 43.8 Å². The summed E-state index contributed by atoms with van der Waals surface area (Å²) in [6.45, 7) is -1.35. The second-order valence-electron chi connectivity index (χ2n) is 13.6. The lowest BCUT2D eigenvalue weighted by atomic mass is 10.0. The molecule has 0 saturated carbocycles. The first-order chi connectivity index (χ1) is 27.3. The van der Waals surface area contributed by atoms with Gasteiger partial charge in [-0.3, -0.25) is 33.6 Å². The number of phenols is 1. The molecule has 0 spiro atoms. The van der Waals surface area contributed by atoms with E-state index in [1.165, 1.54) is 12.1 Å². The highest BCUT2D eigenvalue weighted by molar-refractivity contribution is 5.99. The highest BCUT2D eigenvalue weighted by Gasteiger charge is 2.39. The average molecular weight is 784 g/mol. The Morgan fingerprint density at radius 2 is 1.40 bits per heavy atom. The number of hydrogen-bond acceptors (Lipinski definition) is 10. The predicted molar refractivity (Wildman–Crippen MR) is 205 cm³/mol. The number of carbonyl (C=O) groups excluding carboxylic acids is 7. The van der Waals surface area contributed by atoms with E-state index in [4.69, 9.17) is 11.5 Å². The molecule has 5 rings (SSSR count). The molecule has 0 bridgehead atoms. The van der Waals surface area contributed by atoms with E-state index in [1.54, 1.807) is 48.7 Å². The van der Waals surface area contributed by atoms with Crippen LogP contribution >= 0.6 is 0 Å². The molecule has 1 fully saturated rings. The van der Waals surface area contributed by atoms with Gasteiger partial charge < -0.3 is 58.6 Å². The number of aromatic amines is 1. The minimum Gasteiger partial charge on any atom is -0.508 e. The largest absolute Gasteiger partial charge is 0.508 e. The quantitative estimate of drug-likeness (QED) is 0.0511. The minimum atomic E-state index is -1.56. The Kier molecular flexibility index (Phi) is 13.9. The highest BCUT2D eigenvalue weighted by Crippen LogP contribution is 2.20. The van der Waals surface area contributed by atoms with Gasteiger partial charge in [-0.1, -0.05) is 60.7 Å². The number of hydrogen-bond donors (Lipinski definition) is 11. The molecular weight excluding hydrogens is 738 g/mol. The molecule has 1 aromatic heterocycles. The average Bonchev–Trinajstić information content (AvgIpc) is 3.78. The number of fused-ring (bicyclic) bond motifs is 1. The van der Waals surface area contributed by atoms with Gasteiger partial charge in [0.05, 0.1) is 19.2 Å². The number of amides is 7. The number of para-hydroxylation sites is 1. The van der Waals surface area contributed by atoms with Gasteiger partial charge in [-0.15, -0.1) is 0 Å². The zero-order valence-electron chi connectivity index (χ0n) is 30.7. The number of aromatic hydroxyl groups is 1. The summed E-state index contributed by atoms with van der Waals surface area (Å²) < 4.78 is 0. The minimum absolute atomic E-state index is 0.00773. The van der Waals surface area contributed by atoms with Crippen LogP contribution in [0.3, 0.4) is 0 Å². The fourth-order valence-electron chi connectivity index (χ4n) is 6.33. The Morgan fingerprint density at radius 3 is 2.11 bits per heavy atom. The first kappa shape index (κ1) is 41.4. The van der Waals surface area contributed by atoms with E-state index in [0.29, 0.717) is 16.7 Å². The third-order valence-electron chi connectivity index (χ3n) is 9.37. The molecule has 7 amide bonds. The van der Waals surface area contributed by atoms with Gasteiger partial charge >= 0.3 is 0 Å². The molecule has 1 aliphatic rings. The first-order valence-corrected chi connectivity index (χ1v) is 18.1. The molecule has 18 nitrogen and oxygen atoms in total. The predicted octanol–water partition coefficient (Wildman–Crippen LogP) is -2.35. The maximum absolute atomic E-state index is 13.6. The van der Waals surface area contributed by atoms with Crippen molar-refractivity contribution in [1.29, 1.82) is 0 Å². The summed E-state index contributed by atoms with van der Waals surface area (Å²) in [6, 6.07) is 14.7. The number of rotatable bonds is 18. The van der Waals surface area contributed by atoms with E-state index in [1.807, 2.05) is 24.3 Å². The standard InChI is InChI=1S/C39H45N9O9/c40-26(14-22-10-12-24(50)13-11-22)34(52)44-28(15-21-6-2-1-3-7-21)36(54)48-32(20-49)39(57)47-31-17-30(46-38(31)56)37(55)45-29(35(53)43-19-33(41)51)16-23-18-42-27-9-5-4-8-25(23)27/h1-13,18,26,28-32,42,49-50H,14-17,19-20,40H2,(H2,41,51)(H,43,53)(H,44,52)(H,45,55)(H,46,56)(H,47,57)(H,48,54)/t26-,28-,29-,30+,31-,32-/m0/s1. The number of H-pyrrole nitrogens is 1. The number of phenolic OH excluding ortho intramolecular Hbond substituents is 1. The van der Waals surface area contributed by atoms with Crippen LogP contribution in [0.2, 0.25) is 0 Å². The number of nitrogens with two attached hydrogens (primary N) is 2. The molecule has 1 aliphatic heterocycles. The van der Waals surface area contributed by atoms with E-state index >= 15 is 0 Å². The second kappa shape index (κ2) is 19.2. The Morgan fingerprint density at radius 1 is 0.754 bits per heavy atom. The summed E-state index contributed by atoms with van der Waals surface area (Å²) in [7, 11) is 0. The van der Waals surface area contributed by atoms with Gasteiger partial charge in [0, 0.05) is 36.4 Å². The van der Waals surface area contributed by atoms with E-state index in [-0.39, 0.29) is 31.4 Å². The number of aliphatic hydroxyl groups excluding tert-OH is 1. The Bertz CT molecular complexity index is 2090. The van der Waals surface area contributed by atoms with Crippen molar-refractivity contribution in [3.63, 3.8) is 0 Å². The second-order valence-corrected chi connectivity index (χ2v) is 13.6. The van der Waals surface area contributed by atoms with Gasteiger partial charge in [-0.25, -0.2) is 0 Å². The monoisotopic (exact) mass is 783 g/mol. The van der Waals surface area contributed by atoms with Crippen LogP contribution in [-0.2, 0) is 52.8 Å². The van der Waals surface area contributed by atoms with Gasteiger partial charge in [0.25, 0.3) is 0 Å². The zero-order chi connectivity index (χ0) is 41.1. The molecule has 57 heavy (non-hydrogen) atoms. The summed E-state index contributed by atoms with van der Waals surface area (Å²) in [4.78, 5) is 93.9. The van der Waals surface area contributed by atoms with E-state index < -0.39 is 90.8 Å². The van der Waals surface area contributed by atoms with Crippen molar-refractivity contribution in [2.75, 3.05) is 13.2 Å². The van der Waals surface area contributed by atoms with Crippen LogP contribution in [0.15, 0.2) is 85.1 Å². The number of aromatic nitrogens is 1. The number of carbonyl (C=O) groups is 7. The molecule has 13 N–H and O–H groups in total. The van der Waals surface area contributed by atoms with Gasteiger partial charge in [0.2, 0.25) is 41.4 Å². The number of aliphatic hydroxyl groups is 1. The maximum Gasteiger partial charge on any atom is 0.245 e. The Labute approximate surface area is 326 Å². The van der Waals surface area contributed by atoms with Crippen LogP contribution in [0.4, 0.5) is 0 Å². The fourth-order valence-corrected chi connectivity index (χ4v) is 6.33. The molecule has 1 saturated heterocycles. The third-order valence-corrected chi connectivity index (χ3v) is 9.37. The van der Waals surface area contributed by atoms with Crippen molar-refractivity contribution in [2.45, 2.75) is 61.9 Å². The third kappa shape index (κ3) is 11.4. The number of benzene rings is 3. The van der Waals surface area contributed by atoms with Crippen molar-refractivity contribution in [2.24, 2.45) is 11.5 Å². The zero-order valence-corrected chi connectivity index (χ0v) is 30.7. The molecule has 4 aromatic rings. The van der Waals surface area contributed by atoms with Gasteiger partial charge in [-0.2, -0.15) is 0 Å². The van der Waals surface area contributed by atoms with Crippen LogP contribution < -0.4 is 43.4 Å². The summed E-state index contributed by atoms with van der Waals surface area (Å²) in [5.74, 6) is -5.32. The van der Waals surface area contributed by atoms with E-state index in [0.717, 1.165) is 10.9 Å². The molecule has 0 radical (unpaired) electrons. The number of primary amides is 1. The van der Waals surface area contributed by atoms with Gasteiger partial charge in [-0.05, 0) is 41.3 Å². The lowest BCUT2D eigenvalue weighted by Gasteiger charge is -2.24. The Balaban J connectivity index is 1.20. The topological polar surface area (TPSA) is 300 Å². The SMILES string of the molecule is NC(=O)CNC(=O)[C@H](Cc1c[nH]c2ccccc12)NC(=O)[C@H]1C[C@H](NC(=O)[C@H](CO)NC(=O)[C@H](Cc2ccccc2)NC(=O)[C@@H](N)Cc2ccc(O)cc2)C(=O)N1. The van der Waals surface area contributed by atoms with Crippen LogP contribution in [-0.4, -0.2) is 106 Å². The van der Waals surface area contributed by atoms with Crippen LogP contribution in [0.1, 0.15) is 23.1 Å². The summed E-state index contributed by atoms with van der Waals surface area (Å²) in [5.41, 5.74) is 14.2. The normalized spacial score (nSPS) is 17.0. The number of nitrogens with one attached hydrogen (secondary N) is 7. The van der Waals surface area contributed by atoms with E-state index in [2.05, 4.69) is 36.9 Å².